The lowest BCUT2D eigenvalue weighted by atomic mass is 9.96. The van der Waals surface area contributed by atoms with E-state index in [1.807, 2.05) is 6.07 Å². The summed E-state index contributed by atoms with van der Waals surface area (Å²) in [5.41, 5.74) is 1.09. The Morgan fingerprint density at radius 2 is 1.50 bits per heavy atom. The van der Waals surface area contributed by atoms with Gasteiger partial charge in [0.1, 0.15) is 0 Å². The molecule has 38 heavy (non-hydrogen) atoms. The predicted molar refractivity (Wildman–Crippen MR) is 164 cm³/mol. The summed E-state index contributed by atoms with van der Waals surface area (Å²) in [5.74, 6) is -1.57. The van der Waals surface area contributed by atoms with E-state index in [-0.39, 0.29) is 11.1 Å². The number of carboxylic acid groups (broad SMARTS) is 1. The molecule has 0 unspecified atom stereocenters. The van der Waals surface area contributed by atoms with Crippen LogP contribution in [-0.2, 0) is 11.2 Å². The molecule has 0 aliphatic carbocycles. The number of carbonyl (C=O) groups is 2. The highest BCUT2D eigenvalue weighted by atomic mass is 79.9. The minimum Gasteiger partial charge on any atom is -0.478 e. The van der Waals surface area contributed by atoms with Gasteiger partial charge in [-0.05, 0) is 65.9 Å². The van der Waals surface area contributed by atoms with Gasteiger partial charge in [0.2, 0.25) is 0 Å². The third kappa shape index (κ3) is 11.7. The first-order valence-corrected chi connectivity index (χ1v) is 15.8. The molecule has 3 rings (SSSR count). The third-order valence-corrected chi connectivity index (χ3v) is 7.92. The largest absolute Gasteiger partial charge is 0.478 e. The molecule has 0 spiro atoms. The van der Waals surface area contributed by atoms with Crippen LogP contribution in [0.1, 0.15) is 117 Å². The van der Waals surface area contributed by atoms with Gasteiger partial charge in [0.15, 0.2) is 0 Å². The number of carboxylic acids is 1. The van der Waals surface area contributed by atoms with Crippen molar-refractivity contribution >= 4 is 49.3 Å². The average molecular weight is 604 g/mol. The number of carbonyl (C=O) groups excluding carboxylic acids is 1. The molecule has 2 aromatic carbocycles. The predicted octanol–water partition coefficient (Wildman–Crippen LogP) is 10.5. The van der Waals surface area contributed by atoms with Gasteiger partial charge in [-0.1, -0.05) is 106 Å². The molecule has 0 radical (unpaired) electrons. The van der Waals surface area contributed by atoms with Crippen LogP contribution in [-0.4, -0.2) is 23.7 Å². The summed E-state index contributed by atoms with van der Waals surface area (Å²) >= 11 is 5.20. The number of ether oxygens (including phenoxy) is 1. The van der Waals surface area contributed by atoms with E-state index in [0.717, 1.165) is 42.1 Å². The molecule has 0 amide bonds. The number of aryl methyl sites for hydroxylation is 1. The maximum atomic E-state index is 12.6. The van der Waals surface area contributed by atoms with Crippen LogP contribution in [0.2, 0.25) is 0 Å². The van der Waals surface area contributed by atoms with Crippen LogP contribution in [0.15, 0.2) is 52.3 Å². The first-order valence-electron chi connectivity index (χ1n) is 14.1. The molecule has 4 nitrogen and oxygen atoms in total. The quantitative estimate of drug-likeness (QED) is 0.131. The van der Waals surface area contributed by atoms with E-state index in [2.05, 4.69) is 59.4 Å². The van der Waals surface area contributed by atoms with Gasteiger partial charge in [-0.15, -0.1) is 11.3 Å². The van der Waals surface area contributed by atoms with Gasteiger partial charge in [-0.2, -0.15) is 0 Å². The van der Waals surface area contributed by atoms with Crippen LogP contribution in [0.25, 0.3) is 10.1 Å². The molecule has 0 atom stereocenters. The first kappa shape index (κ1) is 32.0. The van der Waals surface area contributed by atoms with E-state index in [0.29, 0.717) is 13.0 Å². The van der Waals surface area contributed by atoms with E-state index in [9.17, 15) is 14.7 Å². The molecule has 0 aliphatic rings. The topological polar surface area (TPSA) is 63.6 Å². The van der Waals surface area contributed by atoms with Gasteiger partial charge in [0.25, 0.3) is 0 Å². The minimum atomic E-state index is -1.07. The first-order chi connectivity index (χ1) is 18.5. The molecule has 0 saturated heterocycles. The summed E-state index contributed by atoms with van der Waals surface area (Å²) in [6.45, 7) is 4.74. The summed E-state index contributed by atoms with van der Waals surface area (Å²) in [4.78, 5) is 24.2. The summed E-state index contributed by atoms with van der Waals surface area (Å²) in [5, 5.41) is 12.9. The van der Waals surface area contributed by atoms with Crippen molar-refractivity contribution in [3.05, 3.63) is 69.0 Å². The summed E-state index contributed by atoms with van der Waals surface area (Å²) in [6, 6.07) is 13.5. The number of benzene rings is 2. The summed E-state index contributed by atoms with van der Waals surface area (Å²) in [7, 11) is 0. The SMILES string of the molecule is Brc1ccc2sccc2c1.CCCCCCCCOC(=O)c1c(CCCCCCCC)cccc1C(=O)O. The summed E-state index contributed by atoms with van der Waals surface area (Å²) < 4.78 is 7.92. The number of aromatic carboxylic acids is 1. The molecular formula is C32H43BrO4S. The van der Waals surface area contributed by atoms with Gasteiger partial charge in [0, 0.05) is 9.17 Å². The molecule has 0 saturated carbocycles. The number of esters is 1. The number of thiophene rings is 1. The van der Waals surface area contributed by atoms with E-state index in [4.69, 9.17) is 4.74 Å². The molecule has 208 valence electrons. The van der Waals surface area contributed by atoms with Gasteiger partial charge in [-0.3, -0.25) is 0 Å². The highest BCUT2D eigenvalue weighted by molar-refractivity contribution is 9.10. The maximum absolute atomic E-state index is 12.6. The number of halogens is 1. The molecule has 1 heterocycles. The van der Waals surface area contributed by atoms with Crippen LogP contribution in [0, 0.1) is 0 Å². The van der Waals surface area contributed by atoms with Crippen molar-refractivity contribution in [3.8, 4) is 0 Å². The fourth-order valence-electron chi connectivity index (χ4n) is 4.38. The van der Waals surface area contributed by atoms with Crippen LogP contribution < -0.4 is 0 Å². The van der Waals surface area contributed by atoms with Crippen LogP contribution >= 0.6 is 27.3 Å². The third-order valence-electron chi connectivity index (χ3n) is 6.53. The molecule has 3 aromatic rings. The van der Waals surface area contributed by atoms with Crippen molar-refractivity contribution < 1.29 is 19.4 Å². The lowest BCUT2D eigenvalue weighted by Crippen LogP contribution is -2.15. The van der Waals surface area contributed by atoms with Crippen molar-refractivity contribution in [1.82, 2.24) is 0 Å². The second-order valence-corrected chi connectivity index (χ2v) is 11.5. The molecule has 1 aromatic heterocycles. The molecule has 1 N–H and O–H groups in total. The Hall–Kier alpha value is -2.18. The molecule has 6 heteroatoms. The lowest BCUT2D eigenvalue weighted by Gasteiger charge is -2.12. The molecule has 0 aliphatic heterocycles. The molecule has 0 fully saturated rings. The Labute approximate surface area is 240 Å². The molecular weight excluding hydrogens is 560 g/mol. The Balaban J connectivity index is 0.000000415. The van der Waals surface area contributed by atoms with E-state index in [1.54, 1.807) is 17.4 Å². The fourth-order valence-corrected chi connectivity index (χ4v) is 5.53. The molecule has 0 bridgehead atoms. The number of fused-ring (bicyclic) bond motifs is 1. The van der Waals surface area contributed by atoms with Gasteiger partial charge < -0.3 is 9.84 Å². The zero-order valence-corrected chi connectivity index (χ0v) is 25.4. The zero-order valence-electron chi connectivity index (χ0n) is 23.0. The van der Waals surface area contributed by atoms with Crippen molar-refractivity contribution in [1.29, 1.82) is 0 Å². The Morgan fingerprint density at radius 1 is 0.842 bits per heavy atom. The minimum absolute atomic E-state index is 0.0522. The van der Waals surface area contributed by atoms with Gasteiger partial charge in [0.05, 0.1) is 17.7 Å². The van der Waals surface area contributed by atoms with E-state index < -0.39 is 11.9 Å². The van der Waals surface area contributed by atoms with Gasteiger partial charge >= 0.3 is 11.9 Å². The average Bonchev–Trinajstić information content (AvgIpc) is 3.38. The highest BCUT2D eigenvalue weighted by Gasteiger charge is 2.21. The second kappa shape index (κ2) is 19.0. The standard InChI is InChI=1S/C24H38O4.C8H5BrS/c1-3-5-7-9-11-13-16-20-17-15-18-21(23(25)26)22(20)24(27)28-19-14-12-10-8-6-4-2;9-7-1-2-8-6(5-7)3-4-10-8/h15,17-18H,3-14,16,19H2,1-2H3,(H,25,26);1-5H. The number of unbranched alkanes of at least 4 members (excludes halogenated alkanes) is 10. The van der Waals surface area contributed by atoms with Crippen LogP contribution in [0.3, 0.4) is 0 Å². The van der Waals surface area contributed by atoms with Crippen LogP contribution in [0.5, 0.6) is 0 Å². The van der Waals surface area contributed by atoms with Gasteiger partial charge in [-0.25, -0.2) is 9.59 Å². The number of hydrogen-bond donors (Lipinski definition) is 1. The number of rotatable bonds is 16. The lowest BCUT2D eigenvalue weighted by molar-refractivity contribution is 0.0486. The Kier molecular flexibility index (Phi) is 16.0. The zero-order chi connectivity index (χ0) is 27.6. The maximum Gasteiger partial charge on any atom is 0.339 e. The highest BCUT2D eigenvalue weighted by Crippen LogP contribution is 2.24. The Morgan fingerprint density at radius 3 is 2.18 bits per heavy atom. The second-order valence-electron chi connectivity index (χ2n) is 9.67. The monoisotopic (exact) mass is 602 g/mol. The fraction of sp³-hybridized carbons (Fsp3) is 0.500. The smallest absolute Gasteiger partial charge is 0.339 e. The Bertz CT molecular complexity index is 1110. The number of hydrogen-bond acceptors (Lipinski definition) is 4. The van der Waals surface area contributed by atoms with E-state index in [1.165, 1.54) is 61.1 Å². The normalized spacial score (nSPS) is 10.7. The summed E-state index contributed by atoms with van der Waals surface area (Å²) in [6.07, 6.45) is 14.4. The van der Waals surface area contributed by atoms with Crippen molar-refractivity contribution in [2.24, 2.45) is 0 Å². The van der Waals surface area contributed by atoms with E-state index >= 15 is 0 Å². The van der Waals surface area contributed by atoms with Crippen LogP contribution in [0.4, 0.5) is 0 Å². The van der Waals surface area contributed by atoms with Crippen molar-refractivity contribution in [3.63, 3.8) is 0 Å². The van der Waals surface area contributed by atoms with Crippen molar-refractivity contribution in [2.75, 3.05) is 6.61 Å². The van der Waals surface area contributed by atoms with Crippen molar-refractivity contribution in [2.45, 2.75) is 97.3 Å².